The van der Waals surface area contributed by atoms with Gasteiger partial charge in [0.05, 0.1) is 6.10 Å². The van der Waals surface area contributed by atoms with E-state index in [-0.39, 0.29) is 18.4 Å². The van der Waals surface area contributed by atoms with E-state index in [0.717, 1.165) is 12.8 Å². The molecule has 0 atom stereocenters. The lowest BCUT2D eigenvalue weighted by molar-refractivity contribution is 0.251. The van der Waals surface area contributed by atoms with Gasteiger partial charge in [-0.15, -0.1) is 0 Å². The zero-order valence-corrected chi connectivity index (χ0v) is 13.7. The van der Waals surface area contributed by atoms with Gasteiger partial charge in [-0.1, -0.05) is 24.2 Å². The Kier molecular flexibility index (Phi) is 4.69. The number of amides is 2. The van der Waals surface area contributed by atoms with E-state index >= 15 is 0 Å². The van der Waals surface area contributed by atoms with Crippen molar-refractivity contribution in [3.63, 3.8) is 0 Å². The lowest BCUT2D eigenvalue weighted by Gasteiger charge is -2.11. The van der Waals surface area contributed by atoms with Crippen LogP contribution >= 0.6 is 0 Å². The molecule has 1 aromatic heterocycles. The number of nitrogens with one attached hydrogen (secondary N) is 2. The van der Waals surface area contributed by atoms with Gasteiger partial charge < -0.3 is 19.9 Å². The van der Waals surface area contributed by atoms with Crippen molar-refractivity contribution in [2.75, 3.05) is 5.32 Å². The third-order valence-electron chi connectivity index (χ3n) is 3.79. The maximum Gasteiger partial charge on any atom is 0.319 e. The second-order valence-corrected chi connectivity index (χ2v) is 5.77. The second kappa shape index (κ2) is 6.90. The molecule has 0 spiro atoms. The molecule has 0 radical (unpaired) electrons. The molecule has 3 rings (SSSR count). The van der Waals surface area contributed by atoms with Crippen molar-refractivity contribution in [2.24, 2.45) is 0 Å². The smallest absolute Gasteiger partial charge is 0.319 e. The molecule has 1 aliphatic carbocycles. The van der Waals surface area contributed by atoms with Crippen molar-refractivity contribution in [1.29, 1.82) is 0 Å². The Morgan fingerprint density at radius 1 is 1.46 bits per heavy atom. The summed E-state index contributed by atoms with van der Waals surface area (Å²) in [5.41, 5.74) is 1.54. The summed E-state index contributed by atoms with van der Waals surface area (Å²) < 4.78 is 25.0. The van der Waals surface area contributed by atoms with Crippen molar-refractivity contribution >= 4 is 11.7 Å². The van der Waals surface area contributed by atoms with Gasteiger partial charge in [-0.25, -0.2) is 9.18 Å². The van der Waals surface area contributed by atoms with Crippen molar-refractivity contribution < 1.29 is 18.4 Å². The third kappa shape index (κ3) is 3.67. The van der Waals surface area contributed by atoms with Crippen LogP contribution in [0.1, 0.15) is 36.8 Å². The molecule has 7 heteroatoms. The number of hydrogen-bond donors (Lipinski definition) is 2. The molecule has 24 heavy (non-hydrogen) atoms. The van der Waals surface area contributed by atoms with E-state index in [1.54, 1.807) is 25.1 Å². The zero-order valence-electron chi connectivity index (χ0n) is 13.7. The molecule has 2 N–H and O–H groups in total. The largest absolute Gasteiger partial charge is 0.487 e. The number of carbonyl (C=O) groups excluding carboxylic acids is 1. The van der Waals surface area contributed by atoms with Crippen LogP contribution in [0.4, 0.5) is 14.9 Å². The highest BCUT2D eigenvalue weighted by atomic mass is 19.1. The highest BCUT2D eigenvalue weighted by molar-refractivity contribution is 5.90. The minimum Gasteiger partial charge on any atom is -0.487 e. The fourth-order valence-electron chi connectivity index (χ4n) is 2.30. The summed E-state index contributed by atoms with van der Waals surface area (Å²) in [5, 5.41) is 9.16. The van der Waals surface area contributed by atoms with E-state index in [0.29, 0.717) is 29.1 Å². The number of aromatic nitrogens is 1. The van der Waals surface area contributed by atoms with Gasteiger partial charge in [0.1, 0.15) is 11.4 Å². The fraction of sp³-hybridized carbons (Fsp3) is 0.412. The number of urea groups is 1. The highest BCUT2D eigenvalue weighted by Crippen LogP contribution is 2.29. The third-order valence-corrected chi connectivity index (χ3v) is 3.79. The van der Waals surface area contributed by atoms with Crippen LogP contribution in [0.2, 0.25) is 0 Å². The maximum atomic E-state index is 14.3. The SMILES string of the molecule is CCc1onc(C)c1NC(=O)NCc1cccc(OC2CC2)c1F. The van der Waals surface area contributed by atoms with E-state index < -0.39 is 11.8 Å². The predicted octanol–water partition coefficient (Wildman–Crippen LogP) is 3.55. The lowest BCUT2D eigenvalue weighted by atomic mass is 10.2. The number of anilines is 1. The first-order chi connectivity index (χ1) is 11.6. The van der Waals surface area contributed by atoms with Crippen LogP contribution in [0.3, 0.4) is 0 Å². The summed E-state index contributed by atoms with van der Waals surface area (Å²) in [6, 6.07) is 4.50. The van der Waals surface area contributed by atoms with E-state index in [9.17, 15) is 9.18 Å². The molecule has 128 valence electrons. The summed E-state index contributed by atoms with van der Waals surface area (Å²) in [6.07, 6.45) is 2.66. The van der Waals surface area contributed by atoms with Gasteiger partial charge in [0.15, 0.2) is 17.3 Å². The lowest BCUT2D eigenvalue weighted by Crippen LogP contribution is -2.29. The number of aryl methyl sites for hydroxylation is 2. The van der Waals surface area contributed by atoms with Crippen LogP contribution in [0.15, 0.2) is 22.7 Å². The van der Waals surface area contributed by atoms with Crippen molar-refractivity contribution in [3.8, 4) is 5.75 Å². The molecular formula is C17H20FN3O3. The summed E-state index contributed by atoms with van der Waals surface area (Å²) in [6.45, 7) is 3.71. The molecule has 1 heterocycles. The first kappa shape index (κ1) is 16.3. The minimum absolute atomic E-state index is 0.0608. The van der Waals surface area contributed by atoms with Gasteiger partial charge in [0, 0.05) is 18.5 Å². The van der Waals surface area contributed by atoms with E-state index in [2.05, 4.69) is 15.8 Å². The maximum absolute atomic E-state index is 14.3. The molecule has 0 aliphatic heterocycles. The monoisotopic (exact) mass is 333 g/mol. The topological polar surface area (TPSA) is 76.4 Å². The summed E-state index contributed by atoms with van der Waals surface area (Å²) >= 11 is 0. The van der Waals surface area contributed by atoms with Crippen LogP contribution < -0.4 is 15.4 Å². The zero-order chi connectivity index (χ0) is 17.1. The Morgan fingerprint density at radius 3 is 2.96 bits per heavy atom. The van der Waals surface area contributed by atoms with Gasteiger partial charge >= 0.3 is 6.03 Å². The number of nitrogens with zero attached hydrogens (tertiary/aromatic N) is 1. The summed E-state index contributed by atoms with van der Waals surface area (Å²) in [4.78, 5) is 12.0. The molecule has 0 saturated heterocycles. The van der Waals surface area contributed by atoms with Crippen molar-refractivity contribution in [1.82, 2.24) is 10.5 Å². The van der Waals surface area contributed by atoms with Gasteiger partial charge in [-0.05, 0) is 25.8 Å². The first-order valence-electron chi connectivity index (χ1n) is 8.02. The van der Waals surface area contributed by atoms with Crippen LogP contribution in [0.25, 0.3) is 0 Å². The quantitative estimate of drug-likeness (QED) is 0.847. The molecule has 1 saturated carbocycles. The Bertz CT molecular complexity index is 741. The summed E-state index contributed by atoms with van der Waals surface area (Å²) in [7, 11) is 0. The molecule has 6 nitrogen and oxygen atoms in total. The van der Waals surface area contributed by atoms with Crippen molar-refractivity contribution in [2.45, 2.75) is 45.8 Å². The number of rotatable bonds is 6. The van der Waals surface area contributed by atoms with Gasteiger partial charge in [-0.3, -0.25) is 0 Å². The van der Waals surface area contributed by atoms with E-state index in [4.69, 9.17) is 9.26 Å². The molecule has 0 unspecified atom stereocenters. The Balaban J connectivity index is 1.61. The number of carbonyl (C=O) groups is 1. The number of ether oxygens (including phenoxy) is 1. The molecule has 1 aliphatic rings. The van der Waals surface area contributed by atoms with Gasteiger partial charge in [0.2, 0.25) is 0 Å². The van der Waals surface area contributed by atoms with Gasteiger partial charge in [-0.2, -0.15) is 0 Å². The van der Waals surface area contributed by atoms with Gasteiger partial charge in [0.25, 0.3) is 0 Å². The van der Waals surface area contributed by atoms with E-state index in [1.165, 1.54) is 0 Å². The van der Waals surface area contributed by atoms with Crippen LogP contribution in [-0.2, 0) is 13.0 Å². The minimum atomic E-state index is -0.441. The average molecular weight is 333 g/mol. The Hall–Kier alpha value is -2.57. The highest BCUT2D eigenvalue weighted by Gasteiger charge is 2.25. The molecule has 2 amide bonds. The van der Waals surface area contributed by atoms with Crippen LogP contribution in [0.5, 0.6) is 5.75 Å². The Labute approximate surface area is 139 Å². The second-order valence-electron chi connectivity index (χ2n) is 5.77. The normalized spacial score (nSPS) is 13.6. The molecular weight excluding hydrogens is 313 g/mol. The molecule has 1 aromatic carbocycles. The van der Waals surface area contributed by atoms with Crippen LogP contribution in [-0.4, -0.2) is 17.3 Å². The number of hydrogen-bond acceptors (Lipinski definition) is 4. The van der Waals surface area contributed by atoms with E-state index in [1.807, 2.05) is 6.92 Å². The summed E-state index contributed by atoms with van der Waals surface area (Å²) in [5.74, 6) is 0.411. The fourth-order valence-corrected chi connectivity index (χ4v) is 2.30. The predicted molar refractivity (Wildman–Crippen MR) is 86.5 cm³/mol. The molecule has 0 bridgehead atoms. The standard InChI is InChI=1S/C17H20FN3O3/c1-3-13-16(10(2)21-24-13)20-17(22)19-9-11-5-4-6-14(15(11)18)23-12-7-8-12/h4-6,12H,3,7-9H2,1-2H3,(H2,19,20,22). The Morgan fingerprint density at radius 2 is 2.25 bits per heavy atom. The van der Waals surface area contributed by atoms with Crippen LogP contribution in [0, 0.1) is 12.7 Å². The molecule has 1 fully saturated rings. The number of benzene rings is 1. The number of halogens is 1. The average Bonchev–Trinajstić information content (AvgIpc) is 3.32. The van der Waals surface area contributed by atoms with Crippen molar-refractivity contribution in [3.05, 3.63) is 41.0 Å². The first-order valence-corrected chi connectivity index (χ1v) is 8.02. The molecule has 2 aromatic rings.